The summed E-state index contributed by atoms with van der Waals surface area (Å²) in [6.45, 7) is 0.250. The summed E-state index contributed by atoms with van der Waals surface area (Å²) >= 11 is 7.27. The van der Waals surface area contributed by atoms with Crippen molar-refractivity contribution in [3.8, 4) is 0 Å². The van der Waals surface area contributed by atoms with Crippen LogP contribution in [0.4, 0.5) is 0 Å². The van der Waals surface area contributed by atoms with Crippen LogP contribution in [0.15, 0.2) is 94.7 Å². The summed E-state index contributed by atoms with van der Waals surface area (Å²) < 4.78 is 0. The molecule has 1 aliphatic heterocycles. The number of imide groups is 1. The lowest BCUT2D eigenvalue weighted by molar-refractivity contribution is -0.137. The maximum Gasteiger partial charge on any atom is 0.268 e. The van der Waals surface area contributed by atoms with Crippen LogP contribution in [0.3, 0.4) is 0 Å². The van der Waals surface area contributed by atoms with Crippen LogP contribution >= 0.6 is 23.4 Å². The van der Waals surface area contributed by atoms with Crippen LogP contribution in [0.25, 0.3) is 5.57 Å². The molecule has 0 radical (unpaired) electrons. The Morgan fingerprint density at radius 3 is 2.00 bits per heavy atom. The minimum Gasteiger partial charge on any atom is -0.269 e. The van der Waals surface area contributed by atoms with Crippen molar-refractivity contribution in [2.24, 2.45) is 0 Å². The predicted octanol–water partition coefficient (Wildman–Crippen LogP) is 5.41. The first-order valence-electron chi connectivity index (χ1n) is 8.77. The van der Waals surface area contributed by atoms with Crippen molar-refractivity contribution in [2.75, 3.05) is 0 Å². The van der Waals surface area contributed by atoms with Crippen molar-refractivity contribution in [3.05, 3.63) is 106 Å². The second kappa shape index (κ2) is 8.05. The van der Waals surface area contributed by atoms with Gasteiger partial charge in [0, 0.05) is 9.92 Å². The highest BCUT2D eigenvalue weighted by molar-refractivity contribution is 8.04. The number of rotatable bonds is 5. The van der Waals surface area contributed by atoms with E-state index in [9.17, 15) is 9.59 Å². The molecule has 0 saturated heterocycles. The van der Waals surface area contributed by atoms with Gasteiger partial charge in [0.05, 0.1) is 17.0 Å². The van der Waals surface area contributed by atoms with Crippen molar-refractivity contribution in [2.45, 2.75) is 11.4 Å². The first-order chi connectivity index (χ1) is 13.6. The standard InChI is InChI=1S/C23H16ClNO2S/c24-18-11-13-19(14-12-18)28-21-20(17-9-5-2-6-10-17)22(26)25(23(21)27)15-16-7-3-1-4-8-16/h1-14H,15H2. The first kappa shape index (κ1) is 18.5. The van der Waals surface area contributed by atoms with Gasteiger partial charge < -0.3 is 0 Å². The minimum absolute atomic E-state index is 0.250. The Bertz CT molecular complexity index is 1050. The third-order valence-corrected chi connectivity index (χ3v) is 5.75. The number of amides is 2. The van der Waals surface area contributed by atoms with E-state index in [-0.39, 0.29) is 18.4 Å². The molecule has 0 aliphatic carbocycles. The molecule has 4 rings (SSSR count). The van der Waals surface area contributed by atoms with Crippen molar-refractivity contribution >= 4 is 40.8 Å². The maximum absolute atomic E-state index is 13.2. The van der Waals surface area contributed by atoms with Crippen molar-refractivity contribution in [1.29, 1.82) is 0 Å². The molecule has 0 N–H and O–H groups in total. The van der Waals surface area contributed by atoms with Gasteiger partial charge in [0.15, 0.2) is 0 Å². The van der Waals surface area contributed by atoms with Gasteiger partial charge in [-0.1, -0.05) is 84.0 Å². The summed E-state index contributed by atoms with van der Waals surface area (Å²) in [5.74, 6) is -0.538. The largest absolute Gasteiger partial charge is 0.269 e. The molecule has 0 saturated carbocycles. The zero-order valence-corrected chi connectivity index (χ0v) is 16.4. The first-order valence-corrected chi connectivity index (χ1v) is 9.96. The molecule has 0 atom stereocenters. The molecule has 1 aliphatic rings. The molecular weight excluding hydrogens is 390 g/mol. The summed E-state index contributed by atoms with van der Waals surface area (Å²) in [6, 6.07) is 26.1. The van der Waals surface area contributed by atoms with Gasteiger partial charge in [0.2, 0.25) is 0 Å². The average Bonchev–Trinajstić information content (AvgIpc) is 2.95. The molecule has 138 valence electrons. The molecule has 28 heavy (non-hydrogen) atoms. The number of carbonyl (C=O) groups is 2. The van der Waals surface area contributed by atoms with Crippen molar-refractivity contribution in [3.63, 3.8) is 0 Å². The highest BCUT2D eigenvalue weighted by Gasteiger charge is 2.39. The third-order valence-electron chi connectivity index (χ3n) is 4.41. The Hall–Kier alpha value is -2.82. The van der Waals surface area contributed by atoms with Gasteiger partial charge in [-0.2, -0.15) is 0 Å². The quantitative estimate of drug-likeness (QED) is 0.532. The monoisotopic (exact) mass is 405 g/mol. The molecule has 3 aromatic rings. The molecule has 0 aromatic heterocycles. The van der Waals surface area contributed by atoms with Crippen molar-refractivity contribution < 1.29 is 9.59 Å². The summed E-state index contributed by atoms with van der Waals surface area (Å²) in [7, 11) is 0. The predicted molar refractivity (Wildman–Crippen MR) is 113 cm³/mol. The Balaban J connectivity index is 1.73. The lowest BCUT2D eigenvalue weighted by Crippen LogP contribution is -2.30. The van der Waals surface area contributed by atoms with Gasteiger partial charge in [-0.15, -0.1) is 0 Å². The van der Waals surface area contributed by atoms with E-state index in [2.05, 4.69) is 0 Å². The molecular formula is C23H16ClNO2S. The molecule has 0 spiro atoms. The Kier molecular flexibility index (Phi) is 5.33. The van der Waals surface area contributed by atoms with E-state index in [0.717, 1.165) is 16.0 Å². The molecule has 0 unspecified atom stereocenters. The molecule has 0 fully saturated rings. The third kappa shape index (κ3) is 3.75. The lowest BCUT2D eigenvalue weighted by Gasteiger charge is -2.15. The van der Waals surface area contributed by atoms with E-state index in [0.29, 0.717) is 15.5 Å². The Morgan fingerprint density at radius 1 is 0.750 bits per heavy atom. The second-order valence-corrected chi connectivity index (χ2v) is 7.83. The summed E-state index contributed by atoms with van der Waals surface area (Å²) in [6.07, 6.45) is 0. The van der Waals surface area contributed by atoms with E-state index in [1.165, 1.54) is 16.7 Å². The molecule has 2 amide bonds. The average molecular weight is 406 g/mol. The van der Waals surface area contributed by atoms with Crippen LogP contribution in [0.2, 0.25) is 5.02 Å². The number of nitrogens with zero attached hydrogens (tertiary/aromatic N) is 1. The van der Waals surface area contributed by atoms with Crippen LogP contribution < -0.4 is 0 Å². The van der Waals surface area contributed by atoms with Gasteiger partial charge in [-0.3, -0.25) is 14.5 Å². The van der Waals surface area contributed by atoms with Crippen LogP contribution in [-0.2, 0) is 16.1 Å². The molecule has 5 heteroatoms. The van der Waals surface area contributed by atoms with E-state index in [4.69, 9.17) is 11.6 Å². The lowest BCUT2D eigenvalue weighted by atomic mass is 10.1. The summed E-state index contributed by atoms with van der Waals surface area (Å²) in [5, 5.41) is 0.626. The normalized spacial score (nSPS) is 14.1. The zero-order valence-electron chi connectivity index (χ0n) is 14.8. The second-order valence-electron chi connectivity index (χ2n) is 6.31. The van der Waals surface area contributed by atoms with Crippen LogP contribution in [0.5, 0.6) is 0 Å². The van der Waals surface area contributed by atoms with E-state index in [1.54, 1.807) is 12.1 Å². The number of halogens is 1. The Labute approximate surface area is 172 Å². The summed E-state index contributed by atoms with van der Waals surface area (Å²) in [5.41, 5.74) is 2.10. The molecule has 1 heterocycles. The number of benzene rings is 3. The van der Waals surface area contributed by atoms with Crippen molar-refractivity contribution in [1.82, 2.24) is 4.90 Å². The topological polar surface area (TPSA) is 37.4 Å². The number of hydrogen-bond donors (Lipinski definition) is 0. The van der Waals surface area contributed by atoms with Gasteiger partial charge in [0.25, 0.3) is 11.8 Å². The fraction of sp³-hybridized carbons (Fsp3) is 0.0435. The number of thioether (sulfide) groups is 1. The number of hydrogen-bond acceptors (Lipinski definition) is 3. The minimum atomic E-state index is -0.271. The smallest absolute Gasteiger partial charge is 0.268 e. The van der Waals surface area contributed by atoms with Crippen LogP contribution in [0, 0.1) is 0 Å². The zero-order chi connectivity index (χ0) is 19.5. The van der Waals surface area contributed by atoms with Gasteiger partial charge in [-0.05, 0) is 35.4 Å². The SMILES string of the molecule is O=C1C(Sc2ccc(Cl)cc2)=C(c2ccccc2)C(=O)N1Cc1ccccc1. The van der Waals surface area contributed by atoms with Gasteiger partial charge in [0.1, 0.15) is 0 Å². The van der Waals surface area contributed by atoms with E-state index < -0.39 is 0 Å². The van der Waals surface area contributed by atoms with Crippen LogP contribution in [-0.4, -0.2) is 16.7 Å². The highest BCUT2D eigenvalue weighted by Crippen LogP contribution is 2.40. The van der Waals surface area contributed by atoms with E-state index >= 15 is 0 Å². The molecule has 3 aromatic carbocycles. The van der Waals surface area contributed by atoms with Crippen LogP contribution in [0.1, 0.15) is 11.1 Å². The number of carbonyl (C=O) groups excluding carboxylic acids is 2. The highest BCUT2D eigenvalue weighted by atomic mass is 35.5. The Morgan fingerprint density at radius 2 is 1.36 bits per heavy atom. The fourth-order valence-corrected chi connectivity index (χ4v) is 4.18. The maximum atomic E-state index is 13.2. The molecule has 0 bridgehead atoms. The summed E-state index contributed by atoms with van der Waals surface area (Å²) in [4.78, 5) is 29.0. The van der Waals surface area contributed by atoms with Gasteiger partial charge >= 0.3 is 0 Å². The van der Waals surface area contributed by atoms with Gasteiger partial charge in [-0.25, -0.2) is 0 Å². The fourth-order valence-electron chi connectivity index (χ4n) is 3.04. The molecule has 3 nitrogen and oxygen atoms in total. The van der Waals surface area contributed by atoms with E-state index in [1.807, 2.05) is 72.8 Å².